The summed E-state index contributed by atoms with van der Waals surface area (Å²) in [7, 11) is 0. The highest BCUT2D eigenvalue weighted by atomic mass is 35.5. The lowest BCUT2D eigenvalue weighted by Gasteiger charge is -2.10. The van der Waals surface area contributed by atoms with Crippen molar-refractivity contribution in [2.45, 2.75) is 13.3 Å². The maximum Gasteiger partial charge on any atom is 0.267 e. The Morgan fingerprint density at radius 1 is 1.11 bits per heavy atom. The van der Waals surface area contributed by atoms with Crippen molar-refractivity contribution < 1.29 is 9.59 Å². The van der Waals surface area contributed by atoms with Gasteiger partial charge in [-0.3, -0.25) is 9.59 Å². The number of carbonyl (C=O) groups excluding carboxylic acids is 2. The number of benzene rings is 2. The quantitative estimate of drug-likeness (QED) is 0.570. The molecule has 0 saturated carbocycles. The molecule has 0 aliphatic carbocycles. The maximum absolute atomic E-state index is 12.5. The molecule has 0 unspecified atom stereocenters. The van der Waals surface area contributed by atoms with Crippen LogP contribution < -0.4 is 10.6 Å². The Balaban J connectivity index is 1.67. The Bertz CT molecular complexity index is 990. The van der Waals surface area contributed by atoms with Crippen LogP contribution in [0.2, 0.25) is 5.02 Å². The van der Waals surface area contributed by atoms with Crippen molar-refractivity contribution in [2.24, 2.45) is 0 Å². The van der Waals surface area contributed by atoms with E-state index in [1.54, 1.807) is 30.3 Å². The second-order valence-corrected chi connectivity index (χ2v) is 6.59. The fourth-order valence-corrected chi connectivity index (χ4v) is 2.94. The average Bonchev–Trinajstić information content (AvgIpc) is 3.06. The number of rotatable bonds is 6. The molecule has 0 bridgehead atoms. The summed E-state index contributed by atoms with van der Waals surface area (Å²) in [4.78, 5) is 27.2. The van der Waals surface area contributed by atoms with Gasteiger partial charge in [-0.1, -0.05) is 41.9 Å². The molecule has 3 aromatic rings. The maximum atomic E-state index is 12.5. The van der Waals surface area contributed by atoms with Crippen molar-refractivity contribution in [3.63, 3.8) is 0 Å². The van der Waals surface area contributed by atoms with Gasteiger partial charge in [-0.15, -0.1) is 0 Å². The molecular formula is C21H20ClN3O2. The predicted octanol–water partition coefficient (Wildman–Crippen LogP) is 3.66. The van der Waals surface area contributed by atoms with Crippen LogP contribution in [-0.2, 0) is 16.0 Å². The first kappa shape index (κ1) is 18.7. The molecule has 138 valence electrons. The van der Waals surface area contributed by atoms with Crippen molar-refractivity contribution in [3.8, 4) is 0 Å². The highest BCUT2D eigenvalue weighted by molar-refractivity contribution is 6.30. The summed E-state index contributed by atoms with van der Waals surface area (Å²) >= 11 is 5.88. The first-order valence-electron chi connectivity index (χ1n) is 8.61. The molecular weight excluding hydrogens is 362 g/mol. The summed E-state index contributed by atoms with van der Waals surface area (Å²) in [6.45, 7) is 1.83. The fraction of sp³-hybridized carbons (Fsp3) is 0.143. The van der Waals surface area contributed by atoms with Crippen LogP contribution >= 0.6 is 11.6 Å². The summed E-state index contributed by atoms with van der Waals surface area (Å²) in [5.74, 6) is -0.637. The fourth-order valence-electron chi connectivity index (χ4n) is 2.82. The highest BCUT2D eigenvalue weighted by Crippen LogP contribution is 2.17. The Labute approximate surface area is 162 Å². The highest BCUT2D eigenvalue weighted by Gasteiger charge is 2.11. The molecule has 2 aromatic carbocycles. The Morgan fingerprint density at radius 3 is 2.59 bits per heavy atom. The van der Waals surface area contributed by atoms with Crippen molar-refractivity contribution in [1.29, 1.82) is 0 Å². The number of H-pyrrole nitrogens is 1. The second kappa shape index (κ2) is 8.56. The minimum absolute atomic E-state index is 0.198. The molecule has 5 nitrogen and oxygen atoms in total. The number of hydrogen-bond donors (Lipinski definition) is 3. The molecule has 0 aliphatic rings. The van der Waals surface area contributed by atoms with Crippen LogP contribution in [0.3, 0.4) is 0 Å². The molecule has 0 atom stereocenters. The van der Waals surface area contributed by atoms with Crippen molar-refractivity contribution in [2.75, 3.05) is 6.54 Å². The van der Waals surface area contributed by atoms with Crippen LogP contribution in [0.25, 0.3) is 17.0 Å². The number of halogens is 1. The monoisotopic (exact) mass is 381 g/mol. The molecule has 27 heavy (non-hydrogen) atoms. The minimum atomic E-state index is -0.333. The second-order valence-electron chi connectivity index (χ2n) is 6.16. The van der Waals surface area contributed by atoms with E-state index < -0.39 is 0 Å². The van der Waals surface area contributed by atoms with E-state index in [4.69, 9.17) is 11.6 Å². The van der Waals surface area contributed by atoms with E-state index in [1.165, 1.54) is 6.92 Å². The minimum Gasteiger partial charge on any atom is -0.361 e. The lowest BCUT2D eigenvalue weighted by atomic mass is 10.1. The zero-order valence-electron chi connectivity index (χ0n) is 14.9. The number of aromatic amines is 1. The molecule has 1 aromatic heterocycles. The van der Waals surface area contributed by atoms with Crippen LogP contribution in [0.15, 0.2) is 60.4 Å². The van der Waals surface area contributed by atoms with Gasteiger partial charge in [-0.2, -0.15) is 0 Å². The van der Waals surface area contributed by atoms with Gasteiger partial charge in [0.05, 0.1) is 0 Å². The van der Waals surface area contributed by atoms with Gasteiger partial charge in [0.25, 0.3) is 5.91 Å². The molecule has 2 amide bonds. The Morgan fingerprint density at radius 2 is 1.85 bits per heavy atom. The third-order valence-electron chi connectivity index (χ3n) is 4.09. The van der Waals surface area contributed by atoms with Crippen LogP contribution in [0.1, 0.15) is 18.1 Å². The van der Waals surface area contributed by atoms with Gasteiger partial charge >= 0.3 is 0 Å². The molecule has 1 heterocycles. The largest absolute Gasteiger partial charge is 0.361 e. The number of hydrogen-bond acceptors (Lipinski definition) is 2. The van der Waals surface area contributed by atoms with E-state index in [1.807, 2.05) is 30.5 Å². The summed E-state index contributed by atoms with van der Waals surface area (Å²) < 4.78 is 0. The van der Waals surface area contributed by atoms with E-state index in [2.05, 4.69) is 15.6 Å². The van der Waals surface area contributed by atoms with E-state index in [0.29, 0.717) is 18.0 Å². The molecule has 6 heteroatoms. The van der Waals surface area contributed by atoms with Crippen LogP contribution in [0, 0.1) is 0 Å². The third kappa shape index (κ3) is 4.99. The molecule has 0 fully saturated rings. The molecule has 0 aliphatic heterocycles. The summed E-state index contributed by atoms with van der Waals surface area (Å²) in [5.41, 5.74) is 3.17. The number of carbonyl (C=O) groups is 2. The topological polar surface area (TPSA) is 74.0 Å². The third-order valence-corrected chi connectivity index (χ3v) is 4.34. The first-order valence-corrected chi connectivity index (χ1v) is 8.99. The van der Waals surface area contributed by atoms with E-state index >= 15 is 0 Å². The van der Waals surface area contributed by atoms with E-state index in [-0.39, 0.29) is 17.5 Å². The number of aromatic nitrogens is 1. The number of fused-ring (bicyclic) bond motifs is 1. The Kier molecular flexibility index (Phi) is 5.94. The smallest absolute Gasteiger partial charge is 0.267 e. The van der Waals surface area contributed by atoms with Crippen LogP contribution in [0.5, 0.6) is 0 Å². The van der Waals surface area contributed by atoms with Gasteiger partial charge in [0, 0.05) is 35.6 Å². The molecule has 3 N–H and O–H groups in total. The van der Waals surface area contributed by atoms with Gasteiger partial charge in [0.2, 0.25) is 5.91 Å². The van der Waals surface area contributed by atoms with Gasteiger partial charge in [0.15, 0.2) is 0 Å². The molecule has 3 rings (SSSR count). The lowest BCUT2D eigenvalue weighted by Crippen LogP contribution is -2.34. The van der Waals surface area contributed by atoms with Gasteiger partial charge in [0.1, 0.15) is 5.70 Å². The zero-order valence-corrected chi connectivity index (χ0v) is 15.6. The molecule has 0 saturated heterocycles. The van der Waals surface area contributed by atoms with Gasteiger partial charge in [-0.25, -0.2) is 0 Å². The van der Waals surface area contributed by atoms with Crippen molar-refractivity contribution >= 4 is 40.4 Å². The Hall–Kier alpha value is -3.05. The van der Waals surface area contributed by atoms with Gasteiger partial charge in [-0.05, 0) is 41.8 Å². The number of para-hydroxylation sites is 1. The molecule has 0 spiro atoms. The SMILES string of the molecule is CC(=O)NC(=Cc1ccc(Cl)cc1)C(=O)NCCc1c[nH]c2ccccc12. The summed E-state index contributed by atoms with van der Waals surface area (Å²) in [5, 5.41) is 7.20. The van der Waals surface area contributed by atoms with Gasteiger partial charge < -0.3 is 15.6 Å². The van der Waals surface area contributed by atoms with Crippen molar-refractivity contribution in [1.82, 2.24) is 15.6 Å². The average molecular weight is 382 g/mol. The van der Waals surface area contributed by atoms with E-state index in [0.717, 1.165) is 22.0 Å². The number of nitrogens with one attached hydrogen (secondary N) is 3. The molecule has 0 radical (unpaired) electrons. The zero-order chi connectivity index (χ0) is 19.2. The normalized spacial score (nSPS) is 11.4. The van der Waals surface area contributed by atoms with Crippen LogP contribution in [-0.4, -0.2) is 23.3 Å². The predicted molar refractivity (Wildman–Crippen MR) is 108 cm³/mol. The van der Waals surface area contributed by atoms with E-state index in [9.17, 15) is 9.59 Å². The summed E-state index contributed by atoms with van der Waals surface area (Å²) in [6, 6.07) is 15.1. The lowest BCUT2D eigenvalue weighted by molar-refractivity contribution is -0.122. The summed E-state index contributed by atoms with van der Waals surface area (Å²) in [6.07, 6.45) is 4.26. The number of amides is 2. The van der Waals surface area contributed by atoms with Crippen LogP contribution in [0.4, 0.5) is 0 Å². The standard InChI is InChI=1S/C21H20ClN3O2/c1-14(26)25-20(12-15-6-8-17(22)9-7-15)21(27)23-11-10-16-13-24-19-5-3-2-4-18(16)19/h2-9,12-13,24H,10-11H2,1H3,(H,23,27)(H,25,26). The first-order chi connectivity index (χ1) is 13.0. The van der Waals surface area contributed by atoms with Crippen molar-refractivity contribution in [3.05, 3.63) is 76.6 Å².